The van der Waals surface area contributed by atoms with Gasteiger partial charge in [-0.2, -0.15) is 0 Å². The Labute approximate surface area is 190 Å². The predicted octanol–water partition coefficient (Wildman–Crippen LogP) is 4.49. The lowest BCUT2D eigenvalue weighted by molar-refractivity contribution is -0.118. The number of anilines is 1. The van der Waals surface area contributed by atoms with Gasteiger partial charge in [-0.15, -0.1) is 12.4 Å². The highest BCUT2D eigenvalue weighted by Crippen LogP contribution is 2.37. The SMILES string of the molecule is COc1ccccc1CNCCCCCC(=O)c1cc2c3c(c1)CCN3C(=O)CC2.Cl. The molecule has 1 amide bonds. The molecule has 0 atom stereocenters. The first kappa shape index (κ1) is 23.3. The molecule has 0 saturated heterocycles. The Morgan fingerprint density at radius 2 is 1.84 bits per heavy atom. The lowest BCUT2D eigenvalue weighted by Gasteiger charge is -2.25. The number of nitrogens with zero attached hydrogens (tertiary/aromatic N) is 1. The van der Waals surface area contributed by atoms with Gasteiger partial charge < -0.3 is 15.0 Å². The van der Waals surface area contributed by atoms with E-state index in [0.717, 1.165) is 74.3 Å². The van der Waals surface area contributed by atoms with E-state index in [1.54, 1.807) is 7.11 Å². The number of unbranched alkanes of at least 4 members (excludes halogenated alkanes) is 2. The molecule has 2 aromatic rings. The summed E-state index contributed by atoms with van der Waals surface area (Å²) >= 11 is 0. The number of amides is 1. The summed E-state index contributed by atoms with van der Waals surface area (Å²) in [5.41, 5.74) is 5.42. The average molecular weight is 443 g/mol. The molecular formula is C25H31ClN2O3. The van der Waals surface area contributed by atoms with E-state index in [-0.39, 0.29) is 24.1 Å². The highest BCUT2D eigenvalue weighted by molar-refractivity contribution is 6.02. The first-order chi connectivity index (χ1) is 14.7. The minimum atomic E-state index is 0. The summed E-state index contributed by atoms with van der Waals surface area (Å²) in [6.45, 7) is 2.49. The third-order valence-electron chi connectivity index (χ3n) is 6.14. The van der Waals surface area contributed by atoms with Crippen molar-refractivity contribution in [1.82, 2.24) is 5.32 Å². The van der Waals surface area contributed by atoms with Gasteiger partial charge in [0.2, 0.25) is 5.91 Å². The van der Waals surface area contributed by atoms with E-state index in [4.69, 9.17) is 4.74 Å². The van der Waals surface area contributed by atoms with Crippen LogP contribution in [0.25, 0.3) is 0 Å². The molecule has 31 heavy (non-hydrogen) atoms. The molecule has 5 nitrogen and oxygen atoms in total. The van der Waals surface area contributed by atoms with Crippen molar-refractivity contribution in [2.24, 2.45) is 0 Å². The second-order valence-corrected chi connectivity index (χ2v) is 8.16. The van der Waals surface area contributed by atoms with Gasteiger partial charge in [-0.05, 0) is 61.6 Å². The van der Waals surface area contributed by atoms with Gasteiger partial charge in [0.15, 0.2) is 5.78 Å². The second-order valence-electron chi connectivity index (χ2n) is 8.16. The Bertz CT molecular complexity index is 944. The number of nitrogens with one attached hydrogen (secondary N) is 1. The van der Waals surface area contributed by atoms with Gasteiger partial charge in [0.05, 0.1) is 12.8 Å². The fourth-order valence-electron chi connectivity index (χ4n) is 4.55. The first-order valence-electron chi connectivity index (χ1n) is 11.0. The van der Waals surface area contributed by atoms with Crippen LogP contribution in [0.3, 0.4) is 0 Å². The van der Waals surface area contributed by atoms with Crippen LogP contribution in [0.5, 0.6) is 5.75 Å². The molecular weight excluding hydrogens is 412 g/mol. The topological polar surface area (TPSA) is 58.6 Å². The van der Waals surface area contributed by atoms with Crippen molar-refractivity contribution in [3.63, 3.8) is 0 Å². The van der Waals surface area contributed by atoms with Gasteiger partial charge in [0.1, 0.15) is 5.75 Å². The first-order valence-corrected chi connectivity index (χ1v) is 11.0. The molecule has 2 aliphatic heterocycles. The maximum atomic E-state index is 12.7. The van der Waals surface area contributed by atoms with E-state index in [1.165, 1.54) is 11.1 Å². The van der Waals surface area contributed by atoms with Crippen molar-refractivity contribution >= 4 is 29.8 Å². The van der Waals surface area contributed by atoms with Crippen molar-refractivity contribution in [2.75, 3.05) is 25.1 Å². The molecule has 0 saturated carbocycles. The number of para-hydroxylation sites is 1. The summed E-state index contributed by atoms with van der Waals surface area (Å²) in [5, 5.41) is 3.46. The number of carbonyl (C=O) groups excluding carboxylic acids is 2. The zero-order valence-electron chi connectivity index (χ0n) is 18.1. The maximum absolute atomic E-state index is 12.7. The number of rotatable bonds is 10. The van der Waals surface area contributed by atoms with Crippen LogP contribution < -0.4 is 15.0 Å². The molecule has 0 spiro atoms. The van der Waals surface area contributed by atoms with Crippen LogP contribution in [-0.4, -0.2) is 31.9 Å². The molecule has 2 aromatic carbocycles. The van der Waals surface area contributed by atoms with Crippen molar-refractivity contribution in [1.29, 1.82) is 0 Å². The van der Waals surface area contributed by atoms with Crippen LogP contribution >= 0.6 is 12.4 Å². The smallest absolute Gasteiger partial charge is 0.227 e. The number of ketones is 1. The van der Waals surface area contributed by atoms with Crippen molar-refractivity contribution < 1.29 is 14.3 Å². The summed E-state index contributed by atoms with van der Waals surface area (Å²) in [6, 6.07) is 12.1. The molecule has 0 fully saturated rings. The highest BCUT2D eigenvalue weighted by atomic mass is 35.5. The summed E-state index contributed by atoms with van der Waals surface area (Å²) in [4.78, 5) is 26.7. The number of methoxy groups -OCH3 is 1. The predicted molar refractivity (Wildman–Crippen MR) is 126 cm³/mol. The van der Waals surface area contributed by atoms with Crippen molar-refractivity contribution in [2.45, 2.75) is 51.5 Å². The van der Waals surface area contributed by atoms with E-state index in [1.807, 2.05) is 35.2 Å². The third kappa shape index (κ3) is 5.28. The van der Waals surface area contributed by atoms with Crippen LogP contribution in [0.4, 0.5) is 5.69 Å². The zero-order chi connectivity index (χ0) is 20.9. The minimum Gasteiger partial charge on any atom is -0.496 e. The van der Waals surface area contributed by atoms with Crippen molar-refractivity contribution in [3.8, 4) is 5.75 Å². The summed E-state index contributed by atoms with van der Waals surface area (Å²) in [7, 11) is 1.70. The van der Waals surface area contributed by atoms with Gasteiger partial charge >= 0.3 is 0 Å². The van der Waals surface area contributed by atoms with Gasteiger partial charge in [-0.25, -0.2) is 0 Å². The Morgan fingerprint density at radius 3 is 2.65 bits per heavy atom. The number of hydrogen-bond donors (Lipinski definition) is 1. The maximum Gasteiger partial charge on any atom is 0.227 e. The van der Waals surface area contributed by atoms with Crippen LogP contribution in [0.1, 0.15) is 59.2 Å². The Hall–Kier alpha value is -2.37. The lowest BCUT2D eigenvalue weighted by atomic mass is 9.94. The largest absolute Gasteiger partial charge is 0.496 e. The molecule has 4 rings (SSSR count). The van der Waals surface area contributed by atoms with E-state index >= 15 is 0 Å². The summed E-state index contributed by atoms with van der Waals surface area (Å²) < 4.78 is 5.37. The zero-order valence-corrected chi connectivity index (χ0v) is 18.9. The molecule has 0 radical (unpaired) electrons. The number of halogens is 1. The lowest BCUT2D eigenvalue weighted by Crippen LogP contribution is -2.32. The number of Topliss-reactive ketones (excluding diaryl/α,β-unsaturated/α-hetero) is 1. The van der Waals surface area contributed by atoms with Crippen LogP contribution in [-0.2, 0) is 24.2 Å². The number of hydrogen-bond acceptors (Lipinski definition) is 4. The Kier molecular flexibility index (Phi) is 8.10. The van der Waals surface area contributed by atoms with Crippen LogP contribution in [0, 0.1) is 0 Å². The number of aryl methyl sites for hydroxylation is 1. The molecule has 0 aliphatic carbocycles. The highest BCUT2D eigenvalue weighted by Gasteiger charge is 2.31. The normalized spacial score (nSPS) is 14.2. The van der Waals surface area contributed by atoms with Crippen LogP contribution in [0.15, 0.2) is 36.4 Å². The molecule has 0 unspecified atom stereocenters. The molecule has 6 heteroatoms. The Balaban J connectivity index is 0.00000272. The molecule has 2 aliphatic rings. The number of ether oxygens (including phenoxy) is 1. The quantitative estimate of drug-likeness (QED) is 0.435. The molecule has 1 N–H and O–H groups in total. The molecule has 2 heterocycles. The fourth-order valence-corrected chi connectivity index (χ4v) is 4.55. The molecule has 0 bridgehead atoms. The Morgan fingerprint density at radius 1 is 1.06 bits per heavy atom. The van der Waals surface area contributed by atoms with Gasteiger partial charge in [0.25, 0.3) is 0 Å². The summed E-state index contributed by atoms with van der Waals surface area (Å²) in [5.74, 6) is 1.36. The monoisotopic (exact) mass is 442 g/mol. The second kappa shape index (κ2) is 10.8. The van der Waals surface area contributed by atoms with Crippen molar-refractivity contribution in [3.05, 3.63) is 58.7 Å². The average Bonchev–Trinajstić information content (AvgIpc) is 3.21. The van der Waals surface area contributed by atoms with E-state index < -0.39 is 0 Å². The molecule has 0 aromatic heterocycles. The third-order valence-corrected chi connectivity index (χ3v) is 6.14. The summed E-state index contributed by atoms with van der Waals surface area (Å²) in [6.07, 6.45) is 5.77. The van der Waals surface area contributed by atoms with Crippen LogP contribution in [0.2, 0.25) is 0 Å². The van der Waals surface area contributed by atoms with Gasteiger partial charge in [0, 0.05) is 37.1 Å². The van der Waals surface area contributed by atoms with E-state index in [2.05, 4.69) is 11.4 Å². The minimum absolute atomic E-state index is 0. The number of carbonyl (C=O) groups is 2. The van der Waals surface area contributed by atoms with E-state index in [0.29, 0.717) is 12.8 Å². The molecule has 166 valence electrons. The standard InChI is InChI=1S/C25H30N2O3.ClH/c1-30-23-9-5-4-7-20(23)17-26-13-6-2-3-8-22(28)21-15-18-10-11-24(29)27-14-12-19(16-21)25(18)27;/h4-5,7,9,15-16,26H,2-3,6,8,10-14,17H2,1H3;1H. The van der Waals surface area contributed by atoms with Gasteiger partial charge in [-0.3, -0.25) is 9.59 Å². The number of benzene rings is 2. The van der Waals surface area contributed by atoms with E-state index in [9.17, 15) is 9.59 Å². The van der Waals surface area contributed by atoms with Gasteiger partial charge in [-0.1, -0.05) is 24.6 Å². The fraction of sp³-hybridized carbons (Fsp3) is 0.440.